The van der Waals surface area contributed by atoms with E-state index in [4.69, 9.17) is 9.47 Å². The van der Waals surface area contributed by atoms with Gasteiger partial charge in [0, 0.05) is 37.0 Å². The summed E-state index contributed by atoms with van der Waals surface area (Å²) in [6.45, 7) is 6.01. The summed E-state index contributed by atoms with van der Waals surface area (Å²) >= 11 is 0. The highest BCUT2D eigenvalue weighted by atomic mass is 16.5. The van der Waals surface area contributed by atoms with Crippen molar-refractivity contribution in [1.29, 1.82) is 0 Å². The van der Waals surface area contributed by atoms with Gasteiger partial charge in [-0.3, -0.25) is 0 Å². The highest BCUT2D eigenvalue weighted by Crippen LogP contribution is 2.27. The van der Waals surface area contributed by atoms with Gasteiger partial charge in [0.25, 0.3) is 0 Å². The summed E-state index contributed by atoms with van der Waals surface area (Å²) in [4.78, 5) is 23.7. The molecule has 1 aliphatic rings. The Bertz CT molecular complexity index is 1160. The summed E-state index contributed by atoms with van der Waals surface area (Å²) in [6.07, 6.45) is 3.21. The van der Waals surface area contributed by atoms with Crippen molar-refractivity contribution in [2.24, 2.45) is 0 Å². The van der Waals surface area contributed by atoms with E-state index in [2.05, 4.69) is 46.6 Å². The molecule has 2 heterocycles. The second-order valence-corrected chi connectivity index (χ2v) is 8.91. The van der Waals surface area contributed by atoms with Crippen molar-refractivity contribution in [3.63, 3.8) is 0 Å². The number of nitrogens with one attached hydrogen (secondary N) is 2. The molecule has 3 aromatic rings. The van der Waals surface area contributed by atoms with Crippen LogP contribution in [0.4, 0.5) is 16.4 Å². The number of nitrogens with zero attached hydrogens (tertiary/aromatic N) is 3. The van der Waals surface area contributed by atoms with Crippen LogP contribution in [0.1, 0.15) is 42.1 Å². The van der Waals surface area contributed by atoms with Crippen LogP contribution < -0.4 is 20.1 Å². The Labute approximate surface area is 206 Å². The first kappa shape index (κ1) is 24.3. The summed E-state index contributed by atoms with van der Waals surface area (Å²) in [7, 11) is 3.23. The van der Waals surface area contributed by atoms with E-state index < -0.39 is 0 Å². The average molecular weight is 476 g/mol. The van der Waals surface area contributed by atoms with E-state index >= 15 is 0 Å². The van der Waals surface area contributed by atoms with Gasteiger partial charge >= 0.3 is 6.03 Å². The summed E-state index contributed by atoms with van der Waals surface area (Å²) < 4.78 is 10.6. The van der Waals surface area contributed by atoms with E-state index in [1.54, 1.807) is 19.1 Å². The van der Waals surface area contributed by atoms with E-state index in [0.717, 1.165) is 22.5 Å². The molecule has 0 saturated heterocycles. The van der Waals surface area contributed by atoms with Crippen molar-refractivity contribution in [2.45, 2.75) is 39.2 Å². The van der Waals surface area contributed by atoms with Crippen molar-refractivity contribution in [2.75, 3.05) is 32.6 Å². The summed E-state index contributed by atoms with van der Waals surface area (Å²) in [6, 6.07) is 14.0. The number of benzene rings is 2. The molecule has 0 fully saturated rings. The molecule has 1 aliphatic heterocycles. The highest BCUT2D eigenvalue weighted by Gasteiger charge is 2.22. The van der Waals surface area contributed by atoms with Crippen LogP contribution in [0.2, 0.25) is 0 Å². The topological polar surface area (TPSA) is 88.6 Å². The first-order valence-corrected chi connectivity index (χ1v) is 11.9. The molecule has 8 nitrogen and oxygen atoms in total. The second-order valence-electron chi connectivity index (χ2n) is 8.91. The molecule has 0 bridgehead atoms. The van der Waals surface area contributed by atoms with Crippen LogP contribution >= 0.6 is 0 Å². The third kappa shape index (κ3) is 6.01. The molecule has 0 aliphatic carbocycles. The molecule has 4 rings (SSSR count). The van der Waals surface area contributed by atoms with Crippen molar-refractivity contribution < 1.29 is 14.3 Å². The lowest BCUT2D eigenvalue weighted by Gasteiger charge is -2.28. The van der Waals surface area contributed by atoms with Gasteiger partial charge < -0.3 is 25.0 Å². The Balaban J connectivity index is 1.30. The molecule has 35 heavy (non-hydrogen) atoms. The lowest BCUT2D eigenvalue weighted by Crippen LogP contribution is -2.43. The Morgan fingerprint density at radius 1 is 1.09 bits per heavy atom. The van der Waals surface area contributed by atoms with E-state index in [0.29, 0.717) is 55.8 Å². The van der Waals surface area contributed by atoms with Crippen LogP contribution in [-0.4, -0.2) is 48.2 Å². The van der Waals surface area contributed by atoms with Crippen molar-refractivity contribution in [3.05, 3.63) is 71.0 Å². The van der Waals surface area contributed by atoms with E-state index in [1.807, 2.05) is 36.5 Å². The molecular formula is C27H33N5O3. The fourth-order valence-corrected chi connectivity index (χ4v) is 4.09. The summed E-state index contributed by atoms with van der Waals surface area (Å²) in [5.41, 5.74) is 5.28. The van der Waals surface area contributed by atoms with E-state index in [-0.39, 0.29) is 6.03 Å². The molecule has 0 spiro atoms. The van der Waals surface area contributed by atoms with Gasteiger partial charge in [-0.05, 0) is 47.7 Å². The number of hydrogen-bond donors (Lipinski definition) is 2. The number of fused-ring (bicyclic) bond motifs is 1. The predicted octanol–water partition coefficient (Wildman–Crippen LogP) is 4.67. The number of amides is 2. The minimum Gasteiger partial charge on any atom is -0.493 e. The maximum Gasteiger partial charge on any atom is 0.317 e. The molecule has 184 valence electrons. The van der Waals surface area contributed by atoms with Gasteiger partial charge in [-0.1, -0.05) is 32.0 Å². The minimum absolute atomic E-state index is 0.0800. The van der Waals surface area contributed by atoms with Crippen LogP contribution in [0.25, 0.3) is 0 Å². The summed E-state index contributed by atoms with van der Waals surface area (Å²) in [5, 5.41) is 6.30. The van der Waals surface area contributed by atoms with Gasteiger partial charge in [-0.15, -0.1) is 0 Å². The quantitative estimate of drug-likeness (QED) is 0.492. The smallest absolute Gasteiger partial charge is 0.317 e. The number of hydrogen-bond acceptors (Lipinski definition) is 6. The number of ether oxygens (including phenoxy) is 2. The monoisotopic (exact) mass is 475 g/mol. The first-order valence-electron chi connectivity index (χ1n) is 11.9. The van der Waals surface area contributed by atoms with Crippen LogP contribution in [-0.2, 0) is 19.4 Å². The van der Waals surface area contributed by atoms with Crippen LogP contribution in [0.5, 0.6) is 11.5 Å². The standard InChI is InChI=1S/C27H33N5O3/c1-18(2)20-6-8-22(9-7-20)30-26-29-16-21-17-32(14-12-23(21)31-26)27(33)28-13-11-19-5-10-24(34-3)25(15-19)35-4/h5-10,15-16,18H,11-14,17H2,1-4H3,(H,28,33)(H,29,30,31). The lowest BCUT2D eigenvalue weighted by molar-refractivity contribution is 0.192. The lowest BCUT2D eigenvalue weighted by atomic mass is 10.0. The Morgan fingerprint density at radius 2 is 1.86 bits per heavy atom. The Kier molecular flexibility index (Phi) is 7.70. The third-order valence-electron chi connectivity index (χ3n) is 6.19. The van der Waals surface area contributed by atoms with Crippen molar-refractivity contribution >= 4 is 17.7 Å². The van der Waals surface area contributed by atoms with Crippen LogP contribution in [0.3, 0.4) is 0 Å². The number of aromatic nitrogens is 2. The van der Waals surface area contributed by atoms with Crippen molar-refractivity contribution in [3.8, 4) is 11.5 Å². The maximum absolute atomic E-state index is 12.7. The van der Waals surface area contributed by atoms with E-state index in [1.165, 1.54) is 5.56 Å². The third-order valence-corrected chi connectivity index (χ3v) is 6.19. The second kappa shape index (κ2) is 11.1. The average Bonchev–Trinajstić information content (AvgIpc) is 2.88. The molecule has 0 saturated carbocycles. The first-order chi connectivity index (χ1) is 17.0. The zero-order valence-electron chi connectivity index (χ0n) is 20.8. The molecule has 0 atom stereocenters. The van der Waals surface area contributed by atoms with Crippen LogP contribution in [0.15, 0.2) is 48.7 Å². The normalized spacial score (nSPS) is 12.8. The number of anilines is 2. The number of methoxy groups -OCH3 is 2. The number of urea groups is 1. The maximum atomic E-state index is 12.7. The molecule has 8 heteroatoms. The van der Waals surface area contributed by atoms with Gasteiger partial charge in [0.1, 0.15) is 0 Å². The molecule has 0 radical (unpaired) electrons. The summed E-state index contributed by atoms with van der Waals surface area (Å²) in [5.74, 6) is 2.45. The molecule has 2 amide bonds. The highest BCUT2D eigenvalue weighted by molar-refractivity contribution is 5.74. The minimum atomic E-state index is -0.0800. The van der Waals surface area contributed by atoms with Gasteiger partial charge in [0.15, 0.2) is 11.5 Å². The number of carbonyl (C=O) groups excluding carboxylic acids is 1. The SMILES string of the molecule is COc1ccc(CCNC(=O)N2CCc3nc(Nc4ccc(C(C)C)cc4)ncc3C2)cc1OC. The van der Waals surface area contributed by atoms with Gasteiger partial charge in [-0.2, -0.15) is 0 Å². The molecular weight excluding hydrogens is 442 g/mol. The molecule has 0 unspecified atom stereocenters. The molecule has 2 N–H and O–H groups in total. The fraction of sp³-hybridized carbons (Fsp3) is 0.370. The Hall–Kier alpha value is -3.81. The largest absolute Gasteiger partial charge is 0.493 e. The number of carbonyl (C=O) groups is 1. The van der Waals surface area contributed by atoms with E-state index in [9.17, 15) is 4.79 Å². The molecule has 2 aromatic carbocycles. The van der Waals surface area contributed by atoms with Crippen molar-refractivity contribution in [1.82, 2.24) is 20.2 Å². The van der Waals surface area contributed by atoms with Gasteiger partial charge in [0.05, 0.1) is 26.5 Å². The zero-order valence-corrected chi connectivity index (χ0v) is 20.8. The fourth-order valence-electron chi connectivity index (χ4n) is 4.09. The van der Waals surface area contributed by atoms with Gasteiger partial charge in [0.2, 0.25) is 5.95 Å². The predicted molar refractivity (Wildman–Crippen MR) is 137 cm³/mol. The van der Waals surface area contributed by atoms with Crippen LogP contribution in [0, 0.1) is 0 Å². The van der Waals surface area contributed by atoms with Gasteiger partial charge in [-0.25, -0.2) is 14.8 Å². The molecule has 1 aromatic heterocycles. The number of rotatable bonds is 8. The zero-order chi connectivity index (χ0) is 24.8. The Morgan fingerprint density at radius 3 is 2.57 bits per heavy atom.